The first kappa shape index (κ1) is 16.9. The maximum Gasteiger partial charge on any atom is 0.251 e. The second-order valence-corrected chi connectivity index (χ2v) is 7.00. The smallest absolute Gasteiger partial charge is 0.251 e. The maximum atomic E-state index is 13.5. The molecule has 2 fully saturated rings. The van der Waals surface area contributed by atoms with Crippen LogP contribution in [0.25, 0.3) is 0 Å². The van der Waals surface area contributed by atoms with Crippen molar-refractivity contribution in [2.45, 2.75) is 50.5 Å². The molecule has 1 aromatic rings. The van der Waals surface area contributed by atoms with E-state index >= 15 is 0 Å². The van der Waals surface area contributed by atoms with Gasteiger partial charge < -0.3 is 5.32 Å². The summed E-state index contributed by atoms with van der Waals surface area (Å²) in [7, 11) is 0. The third-order valence-corrected chi connectivity index (χ3v) is 5.43. The summed E-state index contributed by atoms with van der Waals surface area (Å²) < 4.78 is 13.5. The number of benzene rings is 1. The Morgan fingerprint density at radius 1 is 1.17 bits per heavy atom. The molecule has 0 aromatic heterocycles. The Bertz CT molecular complexity index is 641. The van der Waals surface area contributed by atoms with Gasteiger partial charge in [-0.3, -0.25) is 9.69 Å². The molecule has 0 bridgehead atoms. The molecule has 3 rings (SSSR count). The predicted molar refractivity (Wildman–Crippen MR) is 90.1 cm³/mol. The zero-order valence-electron chi connectivity index (χ0n) is 14.0. The van der Waals surface area contributed by atoms with Gasteiger partial charge >= 0.3 is 0 Å². The normalized spacial score (nSPS) is 20.5. The van der Waals surface area contributed by atoms with Gasteiger partial charge in [-0.2, -0.15) is 5.26 Å². The number of piperidine rings is 1. The molecule has 1 N–H and O–H groups in total. The average Bonchev–Trinajstić information content (AvgIpc) is 3.10. The van der Waals surface area contributed by atoms with Crippen molar-refractivity contribution in [2.24, 2.45) is 0 Å². The van der Waals surface area contributed by atoms with E-state index in [0.29, 0.717) is 6.54 Å². The van der Waals surface area contributed by atoms with Gasteiger partial charge in [0.15, 0.2) is 0 Å². The summed E-state index contributed by atoms with van der Waals surface area (Å²) in [5.41, 5.74) is 0.451. The lowest BCUT2D eigenvalue weighted by atomic mass is 9.92. The van der Waals surface area contributed by atoms with E-state index in [0.717, 1.165) is 32.0 Å². The SMILES string of the molecule is N#Cc1cc(F)cc(C(=O)NCC2(N3CCCCC3)CCCC2)c1. The summed E-state index contributed by atoms with van der Waals surface area (Å²) in [6.45, 7) is 2.81. The van der Waals surface area contributed by atoms with Gasteiger partial charge in [0.05, 0.1) is 11.6 Å². The Morgan fingerprint density at radius 2 is 1.88 bits per heavy atom. The van der Waals surface area contributed by atoms with Gasteiger partial charge in [0.25, 0.3) is 5.91 Å². The quantitative estimate of drug-likeness (QED) is 0.923. The summed E-state index contributed by atoms with van der Waals surface area (Å²) in [6, 6.07) is 5.67. The van der Waals surface area contributed by atoms with Crippen LogP contribution >= 0.6 is 0 Å². The van der Waals surface area contributed by atoms with Crippen LogP contribution in [0.5, 0.6) is 0 Å². The van der Waals surface area contributed by atoms with E-state index < -0.39 is 5.82 Å². The van der Waals surface area contributed by atoms with Crippen LogP contribution < -0.4 is 5.32 Å². The molecule has 0 spiro atoms. The minimum Gasteiger partial charge on any atom is -0.350 e. The third kappa shape index (κ3) is 3.59. The minimum absolute atomic E-state index is 0.0570. The standard InChI is InChI=1S/C19H24FN3O/c20-17-11-15(13-21)10-16(12-17)18(24)22-14-19(6-2-3-7-19)23-8-4-1-5-9-23/h10-12H,1-9,14H2,(H,22,24). The highest BCUT2D eigenvalue weighted by atomic mass is 19.1. The molecular weight excluding hydrogens is 305 g/mol. The predicted octanol–water partition coefficient (Wildman–Crippen LogP) is 3.23. The van der Waals surface area contributed by atoms with E-state index in [2.05, 4.69) is 10.2 Å². The summed E-state index contributed by atoms with van der Waals surface area (Å²) in [5, 5.41) is 11.9. The summed E-state index contributed by atoms with van der Waals surface area (Å²) in [6.07, 6.45) is 8.37. The van der Waals surface area contributed by atoms with Crippen molar-refractivity contribution < 1.29 is 9.18 Å². The average molecular weight is 329 g/mol. The number of likely N-dealkylation sites (tertiary alicyclic amines) is 1. The molecular formula is C19H24FN3O. The monoisotopic (exact) mass is 329 g/mol. The van der Waals surface area contributed by atoms with Crippen molar-refractivity contribution in [1.29, 1.82) is 5.26 Å². The molecule has 1 aliphatic heterocycles. The van der Waals surface area contributed by atoms with Gasteiger partial charge in [-0.25, -0.2) is 4.39 Å². The Hall–Kier alpha value is -1.93. The number of carbonyl (C=O) groups is 1. The molecule has 1 heterocycles. The molecule has 24 heavy (non-hydrogen) atoms. The fourth-order valence-electron chi connectivity index (χ4n) is 4.14. The Morgan fingerprint density at radius 3 is 2.54 bits per heavy atom. The van der Waals surface area contributed by atoms with Gasteiger partial charge in [0, 0.05) is 17.6 Å². The number of nitriles is 1. The number of amides is 1. The maximum absolute atomic E-state index is 13.5. The summed E-state index contributed by atoms with van der Waals surface area (Å²) in [5.74, 6) is -0.847. The van der Waals surface area contributed by atoms with Crippen molar-refractivity contribution >= 4 is 5.91 Å². The number of rotatable bonds is 4. The molecule has 128 valence electrons. The summed E-state index contributed by atoms with van der Waals surface area (Å²) in [4.78, 5) is 15.0. The fraction of sp³-hybridized carbons (Fsp3) is 0.579. The third-order valence-electron chi connectivity index (χ3n) is 5.43. The lowest BCUT2D eigenvalue weighted by Crippen LogP contribution is -2.55. The van der Waals surface area contributed by atoms with Crippen LogP contribution in [0.4, 0.5) is 4.39 Å². The molecule has 1 saturated carbocycles. The molecule has 2 aliphatic rings. The second-order valence-electron chi connectivity index (χ2n) is 7.00. The van der Waals surface area contributed by atoms with E-state index in [4.69, 9.17) is 5.26 Å². The second kappa shape index (κ2) is 7.31. The first-order chi connectivity index (χ1) is 11.6. The number of hydrogen-bond donors (Lipinski definition) is 1. The van der Waals surface area contributed by atoms with E-state index in [9.17, 15) is 9.18 Å². The van der Waals surface area contributed by atoms with Crippen LogP contribution in [0.2, 0.25) is 0 Å². The largest absolute Gasteiger partial charge is 0.350 e. The van der Waals surface area contributed by atoms with Gasteiger partial charge in [0.2, 0.25) is 0 Å². The minimum atomic E-state index is -0.550. The van der Waals surface area contributed by atoms with Crippen LogP contribution in [-0.2, 0) is 0 Å². The highest BCUT2D eigenvalue weighted by molar-refractivity contribution is 5.94. The number of carbonyl (C=O) groups excluding carboxylic acids is 1. The lowest BCUT2D eigenvalue weighted by Gasteiger charge is -2.43. The first-order valence-corrected chi connectivity index (χ1v) is 8.87. The highest BCUT2D eigenvalue weighted by Crippen LogP contribution is 2.36. The van der Waals surface area contributed by atoms with Gasteiger partial charge in [0.1, 0.15) is 5.82 Å². The zero-order valence-corrected chi connectivity index (χ0v) is 14.0. The molecule has 1 aliphatic carbocycles. The van der Waals surface area contributed by atoms with Gasteiger partial charge in [-0.05, 0) is 57.0 Å². The van der Waals surface area contributed by atoms with Crippen LogP contribution in [-0.4, -0.2) is 36.0 Å². The molecule has 4 nitrogen and oxygen atoms in total. The molecule has 5 heteroatoms. The molecule has 0 atom stereocenters. The Labute approximate surface area is 142 Å². The molecule has 1 aromatic carbocycles. The molecule has 0 unspecified atom stereocenters. The van der Waals surface area contributed by atoms with Gasteiger partial charge in [-0.15, -0.1) is 0 Å². The lowest BCUT2D eigenvalue weighted by molar-refractivity contribution is 0.0642. The fourth-order valence-corrected chi connectivity index (χ4v) is 4.14. The van der Waals surface area contributed by atoms with Crippen molar-refractivity contribution in [2.75, 3.05) is 19.6 Å². The molecule has 1 saturated heterocycles. The number of nitrogens with zero attached hydrogens (tertiary/aromatic N) is 2. The van der Waals surface area contributed by atoms with Crippen LogP contribution in [0.3, 0.4) is 0 Å². The van der Waals surface area contributed by atoms with E-state index in [-0.39, 0.29) is 22.6 Å². The number of nitrogens with one attached hydrogen (secondary N) is 1. The van der Waals surface area contributed by atoms with Gasteiger partial charge in [-0.1, -0.05) is 19.3 Å². The van der Waals surface area contributed by atoms with Crippen molar-refractivity contribution in [3.8, 4) is 6.07 Å². The zero-order chi connectivity index (χ0) is 17.0. The molecule has 0 radical (unpaired) electrons. The van der Waals surface area contributed by atoms with Crippen molar-refractivity contribution in [3.05, 3.63) is 35.1 Å². The van der Waals surface area contributed by atoms with Crippen molar-refractivity contribution in [1.82, 2.24) is 10.2 Å². The van der Waals surface area contributed by atoms with E-state index in [1.165, 1.54) is 44.2 Å². The van der Waals surface area contributed by atoms with Crippen LogP contribution in [0.15, 0.2) is 18.2 Å². The topological polar surface area (TPSA) is 56.1 Å². The van der Waals surface area contributed by atoms with Crippen LogP contribution in [0, 0.1) is 17.1 Å². The number of halogens is 1. The van der Waals surface area contributed by atoms with Crippen LogP contribution in [0.1, 0.15) is 60.9 Å². The summed E-state index contributed by atoms with van der Waals surface area (Å²) >= 11 is 0. The first-order valence-electron chi connectivity index (χ1n) is 8.87. The highest BCUT2D eigenvalue weighted by Gasteiger charge is 2.40. The Kier molecular flexibility index (Phi) is 5.15. The molecule has 1 amide bonds. The van der Waals surface area contributed by atoms with E-state index in [1.54, 1.807) is 0 Å². The van der Waals surface area contributed by atoms with E-state index in [1.807, 2.05) is 6.07 Å². The number of hydrogen-bond acceptors (Lipinski definition) is 3. The Balaban J connectivity index is 1.69. The van der Waals surface area contributed by atoms with Crippen molar-refractivity contribution in [3.63, 3.8) is 0 Å².